The van der Waals surface area contributed by atoms with Crippen molar-refractivity contribution >= 4 is 17.5 Å². The van der Waals surface area contributed by atoms with E-state index in [4.69, 9.17) is 16.0 Å². The Kier molecular flexibility index (Phi) is 4.67. The molecule has 1 aromatic heterocycles. The Balaban J connectivity index is 1.73. The number of halogens is 1. The summed E-state index contributed by atoms with van der Waals surface area (Å²) < 4.78 is 5.61. The first kappa shape index (κ1) is 16.3. The first-order valence-corrected chi connectivity index (χ1v) is 7.98. The highest BCUT2D eigenvalue weighted by Crippen LogP contribution is 2.23. The number of hydrogen-bond acceptors (Lipinski definition) is 3. The standard InChI is InChI=1S/C19H17ClN2O2/c1-12-3-5-14(6-4-12)11-21-18(23)17-13(2)24-19(22-17)15-7-9-16(20)10-8-15/h3-10H,11H2,1-2H3,(H,21,23). The summed E-state index contributed by atoms with van der Waals surface area (Å²) >= 11 is 5.88. The number of carbonyl (C=O) groups excluding carboxylic acids is 1. The molecular formula is C19H17ClN2O2. The van der Waals surface area contributed by atoms with E-state index in [1.54, 1.807) is 19.1 Å². The molecule has 24 heavy (non-hydrogen) atoms. The maximum Gasteiger partial charge on any atom is 0.273 e. The molecule has 0 bridgehead atoms. The largest absolute Gasteiger partial charge is 0.441 e. The molecule has 0 unspecified atom stereocenters. The molecule has 5 heteroatoms. The van der Waals surface area contributed by atoms with Crippen LogP contribution < -0.4 is 5.32 Å². The van der Waals surface area contributed by atoms with Gasteiger partial charge in [0.25, 0.3) is 5.91 Å². The molecule has 0 radical (unpaired) electrons. The SMILES string of the molecule is Cc1ccc(CNC(=O)c2nc(-c3ccc(Cl)cc3)oc2C)cc1. The molecule has 1 heterocycles. The van der Waals surface area contributed by atoms with Crippen LogP contribution in [0.2, 0.25) is 5.02 Å². The van der Waals surface area contributed by atoms with Gasteiger partial charge in [0.1, 0.15) is 5.76 Å². The van der Waals surface area contributed by atoms with Crippen molar-refractivity contribution in [3.05, 3.63) is 76.1 Å². The van der Waals surface area contributed by atoms with Crippen molar-refractivity contribution in [3.63, 3.8) is 0 Å². The Morgan fingerprint density at radius 1 is 1.08 bits per heavy atom. The van der Waals surface area contributed by atoms with Gasteiger partial charge in [0, 0.05) is 17.1 Å². The van der Waals surface area contributed by atoms with Crippen molar-refractivity contribution in [1.82, 2.24) is 10.3 Å². The van der Waals surface area contributed by atoms with Crippen LogP contribution in [0.5, 0.6) is 0 Å². The van der Waals surface area contributed by atoms with Gasteiger partial charge < -0.3 is 9.73 Å². The molecular weight excluding hydrogens is 324 g/mol. The van der Waals surface area contributed by atoms with Crippen molar-refractivity contribution < 1.29 is 9.21 Å². The van der Waals surface area contributed by atoms with E-state index in [1.165, 1.54) is 5.56 Å². The second kappa shape index (κ2) is 6.89. The Morgan fingerprint density at radius 2 is 1.75 bits per heavy atom. The summed E-state index contributed by atoms with van der Waals surface area (Å²) in [5, 5.41) is 3.50. The van der Waals surface area contributed by atoms with Gasteiger partial charge in [0.05, 0.1) is 0 Å². The molecule has 122 valence electrons. The molecule has 3 rings (SSSR count). The number of carbonyl (C=O) groups is 1. The number of hydrogen-bond donors (Lipinski definition) is 1. The van der Waals surface area contributed by atoms with Crippen LogP contribution in [0.3, 0.4) is 0 Å². The van der Waals surface area contributed by atoms with E-state index >= 15 is 0 Å². The zero-order valence-corrected chi connectivity index (χ0v) is 14.2. The van der Waals surface area contributed by atoms with E-state index < -0.39 is 0 Å². The zero-order valence-electron chi connectivity index (χ0n) is 13.5. The van der Waals surface area contributed by atoms with E-state index in [9.17, 15) is 4.79 Å². The van der Waals surface area contributed by atoms with Gasteiger partial charge in [-0.05, 0) is 43.7 Å². The van der Waals surface area contributed by atoms with Crippen LogP contribution in [0.15, 0.2) is 52.9 Å². The maximum atomic E-state index is 12.3. The monoisotopic (exact) mass is 340 g/mol. The lowest BCUT2D eigenvalue weighted by Gasteiger charge is -2.04. The zero-order chi connectivity index (χ0) is 17.1. The van der Waals surface area contributed by atoms with E-state index in [1.807, 2.05) is 43.3 Å². The number of benzene rings is 2. The molecule has 0 spiro atoms. The van der Waals surface area contributed by atoms with Crippen LogP contribution in [-0.2, 0) is 6.54 Å². The van der Waals surface area contributed by atoms with Crippen molar-refractivity contribution in [3.8, 4) is 11.5 Å². The minimum absolute atomic E-state index is 0.253. The maximum absolute atomic E-state index is 12.3. The van der Waals surface area contributed by atoms with Gasteiger partial charge in [0.2, 0.25) is 5.89 Å². The highest BCUT2D eigenvalue weighted by molar-refractivity contribution is 6.30. The highest BCUT2D eigenvalue weighted by atomic mass is 35.5. The highest BCUT2D eigenvalue weighted by Gasteiger charge is 2.17. The molecule has 1 amide bonds. The summed E-state index contributed by atoms with van der Waals surface area (Å²) in [4.78, 5) is 16.7. The number of aromatic nitrogens is 1. The van der Waals surface area contributed by atoms with Gasteiger partial charge in [0.15, 0.2) is 5.69 Å². The summed E-state index contributed by atoms with van der Waals surface area (Å²) in [5.41, 5.74) is 3.30. The smallest absolute Gasteiger partial charge is 0.273 e. The van der Waals surface area contributed by atoms with Crippen LogP contribution in [0.4, 0.5) is 0 Å². The first-order valence-electron chi connectivity index (χ1n) is 7.60. The lowest BCUT2D eigenvalue weighted by molar-refractivity contribution is 0.0945. The number of nitrogens with zero attached hydrogens (tertiary/aromatic N) is 1. The van der Waals surface area contributed by atoms with Crippen molar-refractivity contribution in [2.45, 2.75) is 20.4 Å². The quantitative estimate of drug-likeness (QED) is 0.758. The number of aryl methyl sites for hydroxylation is 2. The van der Waals surface area contributed by atoms with Gasteiger partial charge in [-0.1, -0.05) is 41.4 Å². The van der Waals surface area contributed by atoms with Crippen LogP contribution in [-0.4, -0.2) is 10.9 Å². The Morgan fingerprint density at radius 3 is 2.42 bits per heavy atom. The molecule has 0 atom stereocenters. The molecule has 0 aliphatic heterocycles. The second-order valence-corrected chi connectivity index (χ2v) is 6.04. The van der Waals surface area contributed by atoms with E-state index in [-0.39, 0.29) is 5.91 Å². The third-order valence-corrected chi connectivity index (χ3v) is 3.93. The summed E-state index contributed by atoms with van der Waals surface area (Å²) in [6.45, 7) is 4.20. The fraction of sp³-hybridized carbons (Fsp3) is 0.158. The lowest BCUT2D eigenvalue weighted by atomic mass is 10.1. The minimum atomic E-state index is -0.253. The number of rotatable bonds is 4. The Hall–Kier alpha value is -2.59. The predicted octanol–water partition coefficient (Wildman–Crippen LogP) is 4.54. The van der Waals surface area contributed by atoms with Crippen LogP contribution in [0.1, 0.15) is 27.4 Å². The van der Waals surface area contributed by atoms with Crippen LogP contribution in [0.25, 0.3) is 11.5 Å². The summed E-state index contributed by atoms with van der Waals surface area (Å²) in [5.74, 6) is 0.642. The van der Waals surface area contributed by atoms with Crippen molar-refractivity contribution in [1.29, 1.82) is 0 Å². The number of oxazole rings is 1. The van der Waals surface area contributed by atoms with Crippen molar-refractivity contribution in [2.75, 3.05) is 0 Å². The summed E-state index contributed by atoms with van der Waals surface area (Å²) in [6.07, 6.45) is 0. The van der Waals surface area contributed by atoms with E-state index in [2.05, 4.69) is 10.3 Å². The van der Waals surface area contributed by atoms with Crippen LogP contribution >= 0.6 is 11.6 Å². The van der Waals surface area contributed by atoms with Gasteiger partial charge in [-0.25, -0.2) is 4.98 Å². The molecule has 0 saturated carbocycles. The van der Waals surface area contributed by atoms with Crippen LogP contribution in [0, 0.1) is 13.8 Å². The van der Waals surface area contributed by atoms with Gasteiger partial charge in [-0.3, -0.25) is 4.79 Å². The fourth-order valence-corrected chi connectivity index (χ4v) is 2.42. The second-order valence-electron chi connectivity index (χ2n) is 5.60. The summed E-state index contributed by atoms with van der Waals surface area (Å²) in [7, 11) is 0. The predicted molar refractivity (Wildman–Crippen MR) is 94.0 cm³/mol. The molecule has 0 aliphatic carbocycles. The third kappa shape index (κ3) is 3.66. The average Bonchev–Trinajstić information content (AvgIpc) is 2.96. The third-order valence-electron chi connectivity index (χ3n) is 3.68. The molecule has 0 aliphatic rings. The summed E-state index contributed by atoms with van der Waals surface area (Å²) in [6, 6.07) is 15.1. The molecule has 2 aromatic carbocycles. The fourth-order valence-electron chi connectivity index (χ4n) is 2.30. The first-order chi connectivity index (χ1) is 11.5. The molecule has 1 N–H and O–H groups in total. The van der Waals surface area contributed by atoms with E-state index in [0.717, 1.165) is 11.1 Å². The van der Waals surface area contributed by atoms with Gasteiger partial charge in [-0.2, -0.15) is 0 Å². The van der Waals surface area contributed by atoms with Gasteiger partial charge >= 0.3 is 0 Å². The van der Waals surface area contributed by atoms with Gasteiger partial charge in [-0.15, -0.1) is 0 Å². The van der Waals surface area contributed by atoms with Crippen molar-refractivity contribution in [2.24, 2.45) is 0 Å². The minimum Gasteiger partial charge on any atom is -0.441 e. The number of nitrogens with one attached hydrogen (secondary N) is 1. The lowest BCUT2D eigenvalue weighted by Crippen LogP contribution is -2.23. The Labute approximate surface area is 145 Å². The number of amides is 1. The van der Waals surface area contributed by atoms with E-state index in [0.29, 0.717) is 28.9 Å². The topological polar surface area (TPSA) is 55.1 Å². The Bertz CT molecular complexity index is 852. The normalized spacial score (nSPS) is 10.6. The average molecular weight is 341 g/mol. The molecule has 3 aromatic rings. The molecule has 0 fully saturated rings. The molecule has 0 saturated heterocycles. The molecule has 4 nitrogen and oxygen atoms in total.